The summed E-state index contributed by atoms with van der Waals surface area (Å²) in [5.74, 6) is -1.34. The Kier molecular flexibility index (Phi) is 3.38. The lowest BCUT2D eigenvalue weighted by molar-refractivity contribution is -0.156. The summed E-state index contributed by atoms with van der Waals surface area (Å²) < 4.78 is 4.44. The Balaban J connectivity index is 2.69. The van der Waals surface area contributed by atoms with Gasteiger partial charge in [-0.05, 0) is 13.8 Å². The maximum atomic E-state index is 11.2. The summed E-state index contributed by atoms with van der Waals surface area (Å²) in [4.78, 5) is 22.4. The van der Waals surface area contributed by atoms with E-state index in [2.05, 4.69) is 9.84 Å². The molecule has 0 bridgehead atoms. The summed E-state index contributed by atoms with van der Waals surface area (Å²) in [6, 6.07) is 0. The van der Waals surface area contributed by atoms with Gasteiger partial charge in [0.15, 0.2) is 12.0 Å². The highest BCUT2D eigenvalue weighted by molar-refractivity contribution is 6.41. The number of hydrazone groups is 1. The number of aliphatic hydroxyl groups is 2. The summed E-state index contributed by atoms with van der Waals surface area (Å²) in [5.41, 5.74) is -0.123. The lowest BCUT2D eigenvalue weighted by atomic mass is 10.3. The van der Waals surface area contributed by atoms with E-state index in [-0.39, 0.29) is 12.1 Å². The van der Waals surface area contributed by atoms with Crippen LogP contribution < -0.4 is 0 Å². The van der Waals surface area contributed by atoms with Crippen LogP contribution in [-0.4, -0.2) is 45.3 Å². The van der Waals surface area contributed by atoms with Gasteiger partial charge in [0.1, 0.15) is 6.23 Å². The maximum Gasteiger partial charge on any atom is 0.357 e. The molecular formula is C8H12N2O5. The molecule has 7 nitrogen and oxygen atoms in total. The fourth-order valence-electron chi connectivity index (χ4n) is 1.07. The average molecular weight is 216 g/mol. The Morgan fingerprint density at radius 1 is 1.53 bits per heavy atom. The van der Waals surface area contributed by atoms with Gasteiger partial charge in [0, 0.05) is 0 Å². The highest BCUT2D eigenvalue weighted by atomic mass is 16.6. The summed E-state index contributed by atoms with van der Waals surface area (Å²) in [7, 11) is 0. The molecule has 0 saturated carbocycles. The first-order chi connectivity index (χ1) is 6.91. The predicted octanol–water partition coefficient (Wildman–Crippen LogP) is -1.21. The van der Waals surface area contributed by atoms with Crippen molar-refractivity contribution in [2.75, 3.05) is 0 Å². The number of aliphatic hydroxyl groups excluding tert-OH is 2. The van der Waals surface area contributed by atoms with E-state index in [0.29, 0.717) is 0 Å². The van der Waals surface area contributed by atoms with Crippen LogP contribution in [0.2, 0.25) is 0 Å². The summed E-state index contributed by atoms with van der Waals surface area (Å²) in [5, 5.41) is 22.3. The Labute approximate surface area is 85.9 Å². The van der Waals surface area contributed by atoms with Crippen molar-refractivity contribution in [3.05, 3.63) is 0 Å². The predicted molar refractivity (Wildman–Crippen MR) is 48.4 cm³/mol. The molecular weight excluding hydrogens is 204 g/mol. The fraction of sp³-hybridized carbons (Fsp3) is 0.625. The number of nitrogens with zero attached hydrogens (tertiary/aromatic N) is 2. The molecule has 84 valence electrons. The van der Waals surface area contributed by atoms with E-state index >= 15 is 0 Å². The molecule has 15 heavy (non-hydrogen) atoms. The van der Waals surface area contributed by atoms with Gasteiger partial charge in [0.05, 0.1) is 6.42 Å². The molecule has 2 N–H and O–H groups in total. The Morgan fingerprint density at radius 3 is 2.53 bits per heavy atom. The number of rotatable bonds is 3. The molecule has 2 atom stereocenters. The first kappa shape index (κ1) is 11.6. The van der Waals surface area contributed by atoms with Gasteiger partial charge in [0.2, 0.25) is 0 Å². The van der Waals surface area contributed by atoms with E-state index in [1.165, 1.54) is 13.8 Å². The minimum absolute atomic E-state index is 0.123. The van der Waals surface area contributed by atoms with Crippen molar-refractivity contribution in [1.82, 2.24) is 5.01 Å². The molecule has 0 aliphatic carbocycles. The lowest BCUT2D eigenvalue weighted by Gasteiger charge is -2.13. The topological polar surface area (TPSA) is 99.4 Å². The lowest BCUT2D eigenvalue weighted by Crippen LogP contribution is -2.29. The van der Waals surface area contributed by atoms with Crippen molar-refractivity contribution in [3.63, 3.8) is 0 Å². The second kappa shape index (κ2) is 4.37. The van der Waals surface area contributed by atoms with Crippen LogP contribution in [0.15, 0.2) is 5.10 Å². The molecule has 0 radical (unpaired) electrons. The molecule has 7 heteroatoms. The number of hydrogen-bond acceptors (Lipinski definition) is 6. The number of esters is 1. The van der Waals surface area contributed by atoms with E-state index < -0.39 is 24.4 Å². The minimum atomic E-state index is -1.25. The van der Waals surface area contributed by atoms with Gasteiger partial charge < -0.3 is 14.9 Å². The standard InChI is InChI=1S/C8H12N2O5/c1-4(11)10-7(13)3-6(9-10)8(14)15-5(2)12/h4-5,11-12H,3H2,1-2H3. The molecule has 1 amide bonds. The molecule has 1 aliphatic rings. The van der Waals surface area contributed by atoms with Gasteiger partial charge in [-0.1, -0.05) is 0 Å². The van der Waals surface area contributed by atoms with Crippen LogP contribution in [0.3, 0.4) is 0 Å². The molecule has 0 fully saturated rings. The molecule has 1 aliphatic heterocycles. The van der Waals surface area contributed by atoms with Crippen molar-refractivity contribution in [2.24, 2.45) is 5.10 Å². The molecule has 0 spiro atoms. The van der Waals surface area contributed by atoms with Crippen molar-refractivity contribution in [1.29, 1.82) is 0 Å². The van der Waals surface area contributed by atoms with Gasteiger partial charge in [-0.25, -0.2) is 9.80 Å². The fourth-order valence-corrected chi connectivity index (χ4v) is 1.07. The van der Waals surface area contributed by atoms with E-state index in [9.17, 15) is 9.59 Å². The molecule has 0 aromatic rings. The third-order valence-electron chi connectivity index (χ3n) is 1.67. The minimum Gasteiger partial charge on any atom is -0.432 e. The maximum absolute atomic E-state index is 11.2. The van der Waals surface area contributed by atoms with E-state index in [4.69, 9.17) is 10.2 Å². The van der Waals surface area contributed by atoms with Gasteiger partial charge in [-0.15, -0.1) is 0 Å². The average Bonchev–Trinajstić information content (AvgIpc) is 2.46. The van der Waals surface area contributed by atoms with Gasteiger partial charge in [0.25, 0.3) is 5.91 Å². The van der Waals surface area contributed by atoms with Crippen molar-refractivity contribution in [3.8, 4) is 0 Å². The van der Waals surface area contributed by atoms with Crippen LogP contribution in [0, 0.1) is 0 Å². The summed E-state index contributed by atoms with van der Waals surface area (Å²) in [6.07, 6.45) is -2.57. The van der Waals surface area contributed by atoms with Crippen LogP contribution in [0.1, 0.15) is 20.3 Å². The monoisotopic (exact) mass is 216 g/mol. The number of hydrogen-bond donors (Lipinski definition) is 2. The van der Waals surface area contributed by atoms with E-state index in [1.54, 1.807) is 0 Å². The van der Waals surface area contributed by atoms with Gasteiger partial charge in [-0.2, -0.15) is 5.10 Å². The molecule has 0 aromatic heterocycles. The Bertz CT molecular complexity index is 310. The normalized spacial score (nSPS) is 19.9. The number of carbonyl (C=O) groups excluding carboxylic acids is 2. The SMILES string of the molecule is CC(O)OC(=O)C1=NN(C(C)O)C(=O)C1. The van der Waals surface area contributed by atoms with Gasteiger partial charge in [-0.3, -0.25) is 4.79 Å². The second-order valence-electron chi connectivity index (χ2n) is 3.10. The van der Waals surface area contributed by atoms with Crippen LogP contribution in [0.5, 0.6) is 0 Å². The summed E-state index contributed by atoms with van der Waals surface area (Å²) >= 11 is 0. The van der Waals surface area contributed by atoms with Crippen molar-refractivity contribution >= 4 is 17.6 Å². The van der Waals surface area contributed by atoms with Crippen LogP contribution in [0.25, 0.3) is 0 Å². The molecule has 1 heterocycles. The highest BCUT2D eigenvalue weighted by Crippen LogP contribution is 2.12. The third kappa shape index (κ3) is 2.74. The smallest absolute Gasteiger partial charge is 0.357 e. The van der Waals surface area contributed by atoms with Gasteiger partial charge >= 0.3 is 5.97 Å². The zero-order valence-corrected chi connectivity index (χ0v) is 8.38. The quantitative estimate of drug-likeness (QED) is 0.455. The molecule has 2 unspecified atom stereocenters. The van der Waals surface area contributed by atoms with Crippen LogP contribution in [-0.2, 0) is 14.3 Å². The number of carbonyl (C=O) groups is 2. The van der Waals surface area contributed by atoms with E-state index in [1.807, 2.05) is 0 Å². The Morgan fingerprint density at radius 2 is 2.13 bits per heavy atom. The molecule has 1 rings (SSSR count). The van der Waals surface area contributed by atoms with E-state index in [0.717, 1.165) is 5.01 Å². The first-order valence-electron chi connectivity index (χ1n) is 4.38. The zero-order chi connectivity index (χ0) is 11.6. The van der Waals surface area contributed by atoms with Crippen LogP contribution >= 0.6 is 0 Å². The van der Waals surface area contributed by atoms with Crippen molar-refractivity contribution in [2.45, 2.75) is 32.8 Å². The number of amides is 1. The largest absolute Gasteiger partial charge is 0.432 e. The highest BCUT2D eigenvalue weighted by Gasteiger charge is 2.31. The zero-order valence-electron chi connectivity index (χ0n) is 8.38. The Hall–Kier alpha value is -1.47. The number of ether oxygens (including phenoxy) is 1. The van der Waals surface area contributed by atoms with Crippen LogP contribution in [0.4, 0.5) is 0 Å². The third-order valence-corrected chi connectivity index (χ3v) is 1.67. The second-order valence-corrected chi connectivity index (χ2v) is 3.10. The molecule has 0 aromatic carbocycles. The molecule has 0 saturated heterocycles. The van der Waals surface area contributed by atoms with Crippen molar-refractivity contribution < 1.29 is 24.5 Å². The summed E-state index contributed by atoms with van der Waals surface area (Å²) in [6.45, 7) is 2.62. The first-order valence-corrected chi connectivity index (χ1v) is 4.38.